The maximum Gasteiger partial charge on any atom is 0.0334 e. The lowest BCUT2D eigenvalue weighted by Crippen LogP contribution is -2.41. The Morgan fingerprint density at radius 2 is 2.40 bits per heavy atom. The molecule has 1 unspecified atom stereocenters. The molecule has 0 bridgehead atoms. The fourth-order valence-corrected chi connectivity index (χ4v) is 2.79. The van der Waals surface area contributed by atoms with E-state index < -0.39 is 0 Å². The molecule has 0 amide bonds. The number of thiophene rings is 1. The zero-order chi connectivity index (χ0) is 10.7. The second-order valence-corrected chi connectivity index (χ2v) is 5.31. The summed E-state index contributed by atoms with van der Waals surface area (Å²) in [5, 5.41) is 2.16. The maximum absolute atomic E-state index is 5.84. The van der Waals surface area contributed by atoms with Gasteiger partial charge >= 0.3 is 0 Å². The van der Waals surface area contributed by atoms with Gasteiger partial charge in [-0.1, -0.05) is 13.0 Å². The first-order chi connectivity index (χ1) is 7.35. The van der Waals surface area contributed by atoms with E-state index >= 15 is 0 Å². The van der Waals surface area contributed by atoms with Crippen LogP contribution in [0, 0.1) is 0 Å². The highest BCUT2D eigenvalue weighted by Crippen LogP contribution is 2.31. The highest BCUT2D eigenvalue weighted by Gasteiger charge is 2.32. The molecule has 1 heterocycles. The van der Waals surface area contributed by atoms with E-state index in [1.807, 2.05) is 11.3 Å². The van der Waals surface area contributed by atoms with Gasteiger partial charge in [-0.05, 0) is 30.7 Å². The fraction of sp³-hybridized carbons (Fsp3) is 0.667. The van der Waals surface area contributed by atoms with Gasteiger partial charge in [0, 0.05) is 30.1 Å². The normalized spacial score (nSPS) is 18.3. The van der Waals surface area contributed by atoms with Crippen LogP contribution in [0.4, 0.5) is 0 Å². The average Bonchev–Trinajstić information content (AvgIpc) is 2.97. The molecule has 84 valence electrons. The molecule has 0 spiro atoms. The van der Waals surface area contributed by atoms with E-state index in [0.717, 1.165) is 19.1 Å². The lowest BCUT2D eigenvalue weighted by molar-refractivity contribution is 0.178. The minimum atomic E-state index is 0.569. The first-order valence-electron chi connectivity index (χ1n) is 5.83. The first-order valence-corrected chi connectivity index (χ1v) is 6.71. The molecule has 2 nitrogen and oxygen atoms in total. The second kappa shape index (κ2) is 5.10. The number of nitrogens with zero attached hydrogens (tertiary/aromatic N) is 1. The van der Waals surface area contributed by atoms with Crippen molar-refractivity contribution in [2.75, 3.05) is 6.54 Å². The van der Waals surface area contributed by atoms with Crippen molar-refractivity contribution in [3.05, 3.63) is 22.4 Å². The predicted octanol–water partition coefficient (Wildman–Crippen LogP) is 2.45. The Balaban J connectivity index is 1.99. The van der Waals surface area contributed by atoms with E-state index in [2.05, 4.69) is 29.3 Å². The second-order valence-electron chi connectivity index (χ2n) is 4.28. The molecule has 0 aromatic carbocycles. The summed E-state index contributed by atoms with van der Waals surface area (Å²) in [6.45, 7) is 4.12. The van der Waals surface area contributed by atoms with Gasteiger partial charge in [-0.25, -0.2) is 0 Å². The molecule has 3 heteroatoms. The molecule has 1 aliphatic carbocycles. The third-order valence-electron chi connectivity index (χ3n) is 3.15. The zero-order valence-corrected chi connectivity index (χ0v) is 10.2. The molecule has 1 aliphatic rings. The third kappa shape index (κ3) is 2.80. The smallest absolute Gasteiger partial charge is 0.0334 e. The molecule has 1 fully saturated rings. The van der Waals surface area contributed by atoms with Crippen molar-refractivity contribution in [1.29, 1.82) is 0 Å². The molecule has 15 heavy (non-hydrogen) atoms. The lowest BCUT2D eigenvalue weighted by Gasteiger charge is -2.29. The fourth-order valence-electron chi connectivity index (χ4n) is 2.08. The lowest BCUT2D eigenvalue weighted by atomic mass is 10.2. The van der Waals surface area contributed by atoms with Crippen LogP contribution in [0.2, 0.25) is 0 Å². The monoisotopic (exact) mass is 224 g/mol. The van der Waals surface area contributed by atoms with Crippen molar-refractivity contribution in [3.63, 3.8) is 0 Å². The maximum atomic E-state index is 5.84. The molecule has 2 rings (SSSR count). The third-order valence-corrected chi connectivity index (χ3v) is 4.01. The van der Waals surface area contributed by atoms with Crippen molar-refractivity contribution >= 4 is 11.3 Å². The SMILES string of the molecule is CCC(CN)N(Cc1cccs1)C1CC1. The topological polar surface area (TPSA) is 29.3 Å². The summed E-state index contributed by atoms with van der Waals surface area (Å²) in [5.41, 5.74) is 5.84. The van der Waals surface area contributed by atoms with Crippen LogP contribution in [0.1, 0.15) is 31.1 Å². The Morgan fingerprint density at radius 1 is 1.60 bits per heavy atom. The zero-order valence-electron chi connectivity index (χ0n) is 9.36. The Morgan fingerprint density at radius 3 is 2.87 bits per heavy atom. The van der Waals surface area contributed by atoms with Crippen molar-refractivity contribution in [3.8, 4) is 0 Å². The van der Waals surface area contributed by atoms with E-state index in [-0.39, 0.29) is 0 Å². The van der Waals surface area contributed by atoms with Crippen LogP contribution in [0.3, 0.4) is 0 Å². The summed E-state index contributed by atoms with van der Waals surface area (Å²) in [6, 6.07) is 5.73. The van der Waals surface area contributed by atoms with Crippen LogP contribution in [-0.4, -0.2) is 23.5 Å². The molecule has 0 saturated heterocycles. The highest BCUT2D eigenvalue weighted by molar-refractivity contribution is 7.09. The average molecular weight is 224 g/mol. The van der Waals surface area contributed by atoms with Gasteiger partial charge in [0.2, 0.25) is 0 Å². The summed E-state index contributed by atoms with van der Waals surface area (Å²) >= 11 is 1.85. The highest BCUT2D eigenvalue weighted by atomic mass is 32.1. The minimum absolute atomic E-state index is 0.569. The predicted molar refractivity (Wildman–Crippen MR) is 66.0 cm³/mol. The van der Waals surface area contributed by atoms with Gasteiger partial charge in [0.05, 0.1) is 0 Å². The standard InChI is InChI=1S/C12H20N2S/c1-2-10(8-13)14(11-5-6-11)9-12-4-3-7-15-12/h3-4,7,10-11H,2,5-6,8-9,13H2,1H3. The quantitative estimate of drug-likeness (QED) is 0.804. The summed E-state index contributed by atoms with van der Waals surface area (Å²) < 4.78 is 0. The number of rotatable bonds is 6. The summed E-state index contributed by atoms with van der Waals surface area (Å²) in [6.07, 6.45) is 3.89. The molecule has 1 saturated carbocycles. The first kappa shape index (κ1) is 11.1. The van der Waals surface area contributed by atoms with Gasteiger partial charge in [0.1, 0.15) is 0 Å². The van der Waals surface area contributed by atoms with E-state index in [1.54, 1.807) is 0 Å². The number of hydrogen-bond acceptors (Lipinski definition) is 3. The largest absolute Gasteiger partial charge is 0.329 e. The van der Waals surface area contributed by atoms with Crippen LogP contribution in [0.15, 0.2) is 17.5 Å². The molecular weight excluding hydrogens is 204 g/mol. The number of nitrogens with two attached hydrogens (primary N) is 1. The van der Waals surface area contributed by atoms with Crippen LogP contribution < -0.4 is 5.73 Å². The van der Waals surface area contributed by atoms with Gasteiger partial charge in [-0.3, -0.25) is 4.90 Å². The van der Waals surface area contributed by atoms with Gasteiger partial charge in [-0.15, -0.1) is 11.3 Å². The summed E-state index contributed by atoms with van der Waals surface area (Å²) in [4.78, 5) is 4.07. The van der Waals surface area contributed by atoms with E-state index in [9.17, 15) is 0 Å². The Hall–Kier alpha value is -0.380. The Labute approximate surface area is 96.1 Å². The summed E-state index contributed by atoms with van der Waals surface area (Å²) in [5.74, 6) is 0. The molecule has 0 radical (unpaired) electrons. The van der Waals surface area contributed by atoms with Crippen molar-refractivity contribution in [2.45, 2.75) is 44.8 Å². The number of hydrogen-bond donors (Lipinski definition) is 1. The molecular formula is C12H20N2S. The summed E-state index contributed by atoms with van der Waals surface area (Å²) in [7, 11) is 0. The van der Waals surface area contributed by atoms with Crippen molar-refractivity contribution < 1.29 is 0 Å². The van der Waals surface area contributed by atoms with Crippen LogP contribution in [0.25, 0.3) is 0 Å². The van der Waals surface area contributed by atoms with E-state index in [4.69, 9.17) is 5.73 Å². The van der Waals surface area contributed by atoms with Gasteiger partial charge < -0.3 is 5.73 Å². The van der Waals surface area contributed by atoms with Gasteiger partial charge in [-0.2, -0.15) is 0 Å². The molecule has 1 aromatic heterocycles. The molecule has 0 aliphatic heterocycles. The van der Waals surface area contributed by atoms with Gasteiger partial charge in [0.15, 0.2) is 0 Å². The molecule has 2 N–H and O–H groups in total. The molecule has 1 aromatic rings. The van der Waals surface area contributed by atoms with Gasteiger partial charge in [0.25, 0.3) is 0 Å². The van der Waals surface area contributed by atoms with E-state index in [1.165, 1.54) is 24.1 Å². The minimum Gasteiger partial charge on any atom is -0.329 e. The van der Waals surface area contributed by atoms with Crippen LogP contribution in [-0.2, 0) is 6.54 Å². The van der Waals surface area contributed by atoms with Crippen molar-refractivity contribution in [2.24, 2.45) is 5.73 Å². The van der Waals surface area contributed by atoms with Crippen LogP contribution in [0.5, 0.6) is 0 Å². The Kier molecular flexibility index (Phi) is 3.78. The van der Waals surface area contributed by atoms with Crippen molar-refractivity contribution in [1.82, 2.24) is 4.90 Å². The van der Waals surface area contributed by atoms with Crippen LogP contribution >= 0.6 is 11.3 Å². The molecule has 1 atom stereocenters. The van der Waals surface area contributed by atoms with E-state index in [0.29, 0.717) is 6.04 Å². The Bertz CT molecular complexity index is 276.